The number of aliphatic imine (C=N–C) groups is 1. The van der Waals surface area contributed by atoms with Crippen molar-refractivity contribution in [3.63, 3.8) is 0 Å². The number of aromatic nitrogens is 2. The number of piperidine rings is 1. The highest BCUT2D eigenvalue weighted by Crippen LogP contribution is 2.29. The first-order chi connectivity index (χ1) is 23.2. The Morgan fingerprint density at radius 3 is 2.14 bits per heavy atom. The van der Waals surface area contributed by atoms with Crippen LogP contribution in [0.1, 0.15) is 99.6 Å². The number of nitrogen functional groups attached to an aromatic ring is 1. The predicted molar refractivity (Wildman–Crippen MR) is 205 cm³/mol. The summed E-state index contributed by atoms with van der Waals surface area (Å²) in [4.78, 5) is 18.2. The van der Waals surface area contributed by atoms with E-state index in [0.29, 0.717) is 42.8 Å². The Morgan fingerprint density at radius 2 is 1.67 bits per heavy atom. The molecule has 1 saturated heterocycles. The van der Waals surface area contributed by atoms with Gasteiger partial charge in [0, 0.05) is 24.2 Å². The molecule has 10 nitrogen and oxygen atoms in total. The van der Waals surface area contributed by atoms with Crippen LogP contribution in [-0.2, 0) is 11.3 Å². The number of likely N-dealkylation sites (tertiary alicyclic amines) is 1. The van der Waals surface area contributed by atoms with E-state index in [1.54, 1.807) is 46.1 Å². The van der Waals surface area contributed by atoms with Gasteiger partial charge in [0.25, 0.3) is 0 Å². The number of rotatable bonds is 6. The van der Waals surface area contributed by atoms with Crippen molar-refractivity contribution in [2.45, 2.75) is 114 Å². The molecular formula is C38H63FN8O2. The van der Waals surface area contributed by atoms with Gasteiger partial charge >= 0.3 is 6.09 Å². The first-order valence-electron chi connectivity index (χ1n) is 17.3. The SMILES string of the molecule is C=CC=C.CC.CC.CC/C(C)=C1/C(N)=NC=NN1C(C)C1CCN(C(=O)OC(C)(C)C)CC1.Cc1cnn(Cc2ccccc2F)c1N. The van der Waals surface area contributed by atoms with Gasteiger partial charge in [-0.15, -0.1) is 0 Å². The average molecular weight is 683 g/mol. The van der Waals surface area contributed by atoms with Gasteiger partial charge in [-0.2, -0.15) is 10.2 Å². The molecule has 1 amide bonds. The molecular weight excluding hydrogens is 619 g/mol. The number of hydrazone groups is 1. The number of ether oxygens (including phenoxy) is 1. The number of allylic oxidation sites excluding steroid dienone is 3. The van der Waals surface area contributed by atoms with Crippen LogP contribution in [0.5, 0.6) is 0 Å². The topological polar surface area (TPSA) is 127 Å². The minimum absolute atomic E-state index is 0.192. The molecule has 49 heavy (non-hydrogen) atoms. The number of hydrogen-bond donors (Lipinski definition) is 2. The van der Waals surface area contributed by atoms with Gasteiger partial charge in [0.05, 0.1) is 18.8 Å². The van der Waals surface area contributed by atoms with Gasteiger partial charge in [-0.05, 0) is 78.4 Å². The van der Waals surface area contributed by atoms with E-state index in [0.717, 1.165) is 30.5 Å². The number of anilines is 1. The van der Waals surface area contributed by atoms with Crippen molar-refractivity contribution < 1.29 is 13.9 Å². The van der Waals surface area contributed by atoms with E-state index >= 15 is 0 Å². The molecule has 0 bridgehead atoms. The van der Waals surface area contributed by atoms with E-state index in [1.165, 1.54) is 18.0 Å². The largest absolute Gasteiger partial charge is 0.444 e. The van der Waals surface area contributed by atoms with Gasteiger partial charge < -0.3 is 21.1 Å². The average Bonchev–Trinajstić information content (AvgIpc) is 3.42. The molecule has 0 saturated carbocycles. The number of aryl methyl sites for hydroxylation is 1. The summed E-state index contributed by atoms with van der Waals surface area (Å²) in [5.74, 6) is 1.30. The molecule has 4 rings (SSSR count). The summed E-state index contributed by atoms with van der Waals surface area (Å²) in [6.45, 7) is 30.4. The van der Waals surface area contributed by atoms with Crippen molar-refractivity contribution in [3.8, 4) is 0 Å². The van der Waals surface area contributed by atoms with Crippen LogP contribution in [0.4, 0.5) is 15.0 Å². The zero-order valence-electron chi connectivity index (χ0n) is 32.0. The van der Waals surface area contributed by atoms with Crippen LogP contribution in [0.25, 0.3) is 0 Å². The molecule has 2 aromatic rings. The lowest BCUT2D eigenvalue weighted by atomic mass is 9.89. The maximum atomic E-state index is 13.3. The third-order valence-corrected chi connectivity index (χ3v) is 7.56. The second-order valence-corrected chi connectivity index (χ2v) is 12.1. The summed E-state index contributed by atoms with van der Waals surface area (Å²) in [5, 5.41) is 10.6. The molecule has 2 aliphatic rings. The lowest BCUT2D eigenvalue weighted by Crippen LogP contribution is -2.47. The summed E-state index contributed by atoms with van der Waals surface area (Å²) < 4.78 is 20.4. The van der Waals surface area contributed by atoms with Crippen LogP contribution in [0, 0.1) is 18.7 Å². The molecule has 1 unspecified atom stereocenters. The highest BCUT2D eigenvalue weighted by Gasteiger charge is 2.33. The third-order valence-electron chi connectivity index (χ3n) is 7.56. The number of carbonyl (C=O) groups is 1. The maximum absolute atomic E-state index is 13.3. The molecule has 274 valence electrons. The van der Waals surface area contributed by atoms with E-state index in [4.69, 9.17) is 16.2 Å². The van der Waals surface area contributed by atoms with E-state index in [1.807, 2.05) is 60.4 Å². The molecule has 2 aliphatic heterocycles. The van der Waals surface area contributed by atoms with Crippen LogP contribution < -0.4 is 11.5 Å². The zero-order chi connectivity index (χ0) is 37.7. The molecule has 1 atom stereocenters. The summed E-state index contributed by atoms with van der Waals surface area (Å²) >= 11 is 0. The minimum atomic E-state index is -0.460. The Labute approximate surface area is 295 Å². The van der Waals surface area contributed by atoms with Gasteiger partial charge in [0.15, 0.2) is 5.84 Å². The van der Waals surface area contributed by atoms with Crippen LogP contribution in [-0.4, -0.2) is 62.7 Å². The maximum Gasteiger partial charge on any atom is 0.410 e. The normalized spacial score (nSPS) is 15.6. The molecule has 4 N–H and O–H groups in total. The van der Waals surface area contributed by atoms with Crippen molar-refractivity contribution in [2.24, 2.45) is 21.7 Å². The molecule has 0 spiro atoms. The number of nitrogens with two attached hydrogens (primary N) is 2. The highest BCUT2D eigenvalue weighted by atomic mass is 19.1. The zero-order valence-corrected chi connectivity index (χ0v) is 32.0. The van der Waals surface area contributed by atoms with Crippen molar-refractivity contribution >= 4 is 24.1 Å². The first-order valence-corrected chi connectivity index (χ1v) is 17.3. The molecule has 0 aliphatic carbocycles. The molecule has 1 aromatic carbocycles. The van der Waals surface area contributed by atoms with Crippen molar-refractivity contribution in [1.29, 1.82) is 0 Å². The van der Waals surface area contributed by atoms with Crippen molar-refractivity contribution in [3.05, 3.63) is 84.0 Å². The smallest absolute Gasteiger partial charge is 0.410 e. The second-order valence-electron chi connectivity index (χ2n) is 12.1. The third kappa shape index (κ3) is 14.7. The number of halogens is 1. The Balaban J connectivity index is 0.000000842. The van der Waals surface area contributed by atoms with Gasteiger partial charge in [0.1, 0.15) is 29.3 Å². The standard InChI is InChI=1S/C19H33N5O2.C11H12FN3.C4H6.2C2H6/c1-7-13(2)16-17(20)21-12-22-24(16)14(3)15-8-10-23(11-9-15)18(25)26-19(4,5)6;1-8-6-14-15(11(8)13)7-9-4-2-3-5-10(9)12;1-3-4-2;2*1-2/h12,14-15H,7-11H2,1-6H3,(H2,20,21,22);2-6H,7,13H2,1H3;3-4H,1-2H2;2*1-2H3/b16-13-;;;;. The summed E-state index contributed by atoms with van der Waals surface area (Å²) in [6.07, 6.45) is 8.99. The molecule has 0 radical (unpaired) electrons. The molecule has 11 heteroatoms. The number of amides is 1. The Bertz CT molecular complexity index is 1380. The first kappa shape index (κ1) is 44.6. The fourth-order valence-electron chi connectivity index (χ4n) is 4.76. The lowest BCUT2D eigenvalue weighted by molar-refractivity contribution is 0.0149. The van der Waals surface area contributed by atoms with E-state index < -0.39 is 5.60 Å². The van der Waals surface area contributed by atoms with E-state index in [2.05, 4.69) is 49.1 Å². The van der Waals surface area contributed by atoms with Crippen LogP contribution in [0.2, 0.25) is 0 Å². The summed E-state index contributed by atoms with van der Waals surface area (Å²) in [6, 6.07) is 6.81. The number of nitrogens with zero attached hydrogens (tertiary/aromatic N) is 6. The predicted octanol–water partition coefficient (Wildman–Crippen LogP) is 8.69. The van der Waals surface area contributed by atoms with Crippen LogP contribution in [0.15, 0.2) is 77.1 Å². The quantitative estimate of drug-likeness (QED) is 0.294. The Hall–Kier alpha value is -4.41. The summed E-state index contributed by atoms with van der Waals surface area (Å²) in [5.41, 5.74) is 15.0. The van der Waals surface area contributed by atoms with Crippen molar-refractivity contribution in [1.82, 2.24) is 19.7 Å². The summed E-state index contributed by atoms with van der Waals surface area (Å²) in [7, 11) is 0. The van der Waals surface area contributed by atoms with Gasteiger partial charge in [-0.3, -0.25) is 5.01 Å². The Kier molecular flexibility index (Phi) is 21.0. The monoisotopic (exact) mass is 683 g/mol. The number of amidine groups is 1. The lowest BCUT2D eigenvalue weighted by Gasteiger charge is -2.40. The second kappa shape index (κ2) is 23.0. The van der Waals surface area contributed by atoms with E-state index in [9.17, 15) is 9.18 Å². The van der Waals surface area contributed by atoms with E-state index in [-0.39, 0.29) is 18.0 Å². The van der Waals surface area contributed by atoms with Crippen LogP contribution >= 0.6 is 0 Å². The van der Waals surface area contributed by atoms with Gasteiger partial charge in [0.2, 0.25) is 0 Å². The number of benzene rings is 1. The Morgan fingerprint density at radius 1 is 1.10 bits per heavy atom. The molecule has 3 heterocycles. The fraction of sp³-hybridized carbons (Fsp3) is 0.526. The number of carbonyl (C=O) groups excluding carboxylic acids is 1. The van der Waals surface area contributed by atoms with Gasteiger partial charge in [-0.25, -0.2) is 18.9 Å². The van der Waals surface area contributed by atoms with Crippen molar-refractivity contribution in [2.75, 3.05) is 18.8 Å². The van der Waals surface area contributed by atoms with Gasteiger partial charge in [-0.1, -0.05) is 78.1 Å². The highest BCUT2D eigenvalue weighted by molar-refractivity contribution is 6.02. The minimum Gasteiger partial charge on any atom is -0.444 e. The molecule has 1 fully saturated rings. The number of hydrogen-bond acceptors (Lipinski definition) is 8. The molecule has 1 aromatic heterocycles. The fourth-order valence-corrected chi connectivity index (χ4v) is 4.76. The van der Waals surface area contributed by atoms with Crippen LogP contribution in [0.3, 0.4) is 0 Å².